The summed E-state index contributed by atoms with van der Waals surface area (Å²) in [4.78, 5) is 33.2. The molecule has 0 saturated carbocycles. The first-order valence-corrected chi connectivity index (χ1v) is 4.10. The van der Waals surface area contributed by atoms with Crippen LogP contribution in [0.15, 0.2) is 24.0 Å². The summed E-state index contributed by atoms with van der Waals surface area (Å²) in [5.41, 5.74) is 4.54. The summed E-state index contributed by atoms with van der Waals surface area (Å²) >= 11 is 0. The molecule has 0 spiro atoms. The second-order valence-electron chi connectivity index (χ2n) is 2.72. The van der Waals surface area contributed by atoms with Crippen molar-refractivity contribution in [3.8, 4) is 0 Å². The molecule has 4 N–H and O–H groups in total. The summed E-state index contributed by atoms with van der Waals surface area (Å²) in [6.45, 7) is 1.49. The minimum atomic E-state index is -0.543. The standard InChI is InChI=1S/C8H10N4O3/c1-5-4-10-8(15)9-3-2-6(13)11-12-7(5)14/h2-4H,1H3,(H,11,13)(H,12,14)(H2,9,10,15). The third-order valence-corrected chi connectivity index (χ3v) is 1.53. The average Bonchev–Trinajstić information content (AvgIpc) is 2.23. The van der Waals surface area contributed by atoms with Crippen LogP contribution in [0.25, 0.3) is 0 Å². The van der Waals surface area contributed by atoms with E-state index in [0.717, 1.165) is 12.3 Å². The number of nitrogens with one attached hydrogen (secondary N) is 4. The van der Waals surface area contributed by atoms with Gasteiger partial charge in [-0.2, -0.15) is 0 Å². The predicted molar refractivity (Wildman–Crippen MR) is 50.8 cm³/mol. The molecule has 7 heteroatoms. The Labute approximate surface area is 85.6 Å². The number of hydrazine groups is 1. The number of rotatable bonds is 0. The van der Waals surface area contributed by atoms with E-state index in [1.54, 1.807) is 0 Å². The average molecular weight is 210 g/mol. The van der Waals surface area contributed by atoms with E-state index in [2.05, 4.69) is 21.5 Å². The highest BCUT2D eigenvalue weighted by molar-refractivity contribution is 5.96. The van der Waals surface area contributed by atoms with E-state index in [0.29, 0.717) is 0 Å². The first-order valence-electron chi connectivity index (χ1n) is 4.10. The summed E-state index contributed by atoms with van der Waals surface area (Å²) in [5.74, 6) is -1.04. The van der Waals surface area contributed by atoms with E-state index >= 15 is 0 Å². The van der Waals surface area contributed by atoms with Crippen LogP contribution in [0.4, 0.5) is 4.79 Å². The molecule has 1 heterocycles. The van der Waals surface area contributed by atoms with Crippen molar-refractivity contribution < 1.29 is 14.4 Å². The van der Waals surface area contributed by atoms with Crippen molar-refractivity contribution in [2.24, 2.45) is 0 Å². The molecule has 1 aliphatic heterocycles. The van der Waals surface area contributed by atoms with Gasteiger partial charge in [0.15, 0.2) is 0 Å². The molecular weight excluding hydrogens is 200 g/mol. The predicted octanol–water partition coefficient (Wildman–Crippen LogP) is -1.14. The van der Waals surface area contributed by atoms with Crippen LogP contribution in [0, 0.1) is 0 Å². The molecule has 0 saturated heterocycles. The topological polar surface area (TPSA) is 99.3 Å². The lowest BCUT2D eigenvalue weighted by molar-refractivity contribution is -0.124. The maximum atomic E-state index is 11.2. The Morgan fingerprint density at radius 2 is 1.80 bits per heavy atom. The summed E-state index contributed by atoms with van der Waals surface area (Å²) < 4.78 is 0. The largest absolute Gasteiger partial charge is 0.322 e. The summed E-state index contributed by atoms with van der Waals surface area (Å²) in [6, 6.07) is -0.534. The normalized spacial score (nSPS) is 17.7. The van der Waals surface area contributed by atoms with E-state index in [1.807, 2.05) is 0 Å². The molecule has 4 amide bonds. The van der Waals surface area contributed by atoms with Crippen LogP contribution in [0.2, 0.25) is 0 Å². The fourth-order valence-corrected chi connectivity index (χ4v) is 0.733. The van der Waals surface area contributed by atoms with E-state index in [4.69, 9.17) is 0 Å². The highest BCUT2D eigenvalue weighted by atomic mass is 16.2. The molecule has 7 nitrogen and oxygen atoms in total. The molecule has 0 unspecified atom stereocenters. The van der Waals surface area contributed by atoms with Crippen molar-refractivity contribution in [2.75, 3.05) is 0 Å². The molecule has 0 aliphatic carbocycles. The number of carbonyl (C=O) groups is 3. The van der Waals surface area contributed by atoms with E-state index in [-0.39, 0.29) is 5.57 Å². The van der Waals surface area contributed by atoms with Crippen molar-refractivity contribution >= 4 is 17.8 Å². The lowest BCUT2D eigenvalue weighted by atomic mass is 10.3. The molecule has 80 valence electrons. The summed E-state index contributed by atoms with van der Waals surface area (Å²) in [7, 11) is 0. The number of carbonyl (C=O) groups excluding carboxylic acids is 3. The smallest absolute Gasteiger partial charge is 0.314 e. The van der Waals surface area contributed by atoms with Gasteiger partial charge in [-0.1, -0.05) is 0 Å². The molecule has 1 rings (SSSR count). The van der Waals surface area contributed by atoms with E-state index in [9.17, 15) is 14.4 Å². The molecule has 0 aromatic heterocycles. The Morgan fingerprint density at radius 1 is 1.07 bits per heavy atom. The first kappa shape index (κ1) is 10.8. The fourth-order valence-electron chi connectivity index (χ4n) is 0.733. The lowest BCUT2D eigenvalue weighted by Gasteiger charge is -2.04. The third-order valence-electron chi connectivity index (χ3n) is 1.53. The Balaban J connectivity index is 2.79. The van der Waals surface area contributed by atoms with Gasteiger partial charge in [-0.05, 0) is 6.92 Å². The van der Waals surface area contributed by atoms with Crippen LogP contribution >= 0.6 is 0 Å². The fraction of sp³-hybridized carbons (Fsp3) is 0.125. The zero-order chi connectivity index (χ0) is 11.3. The monoisotopic (exact) mass is 210 g/mol. The van der Waals surface area contributed by atoms with Crippen LogP contribution in [0.1, 0.15) is 6.92 Å². The number of amides is 4. The Morgan fingerprint density at radius 3 is 2.53 bits per heavy atom. The van der Waals surface area contributed by atoms with E-state index < -0.39 is 17.8 Å². The Hall–Kier alpha value is -2.31. The zero-order valence-corrected chi connectivity index (χ0v) is 7.96. The van der Waals surface area contributed by atoms with Crippen LogP contribution in [-0.4, -0.2) is 17.8 Å². The van der Waals surface area contributed by atoms with Crippen LogP contribution in [0.3, 0.4) is 0 Å². The quantitative estimate of drug-likeness (QED) is 0.407. The number of urea groups is 1. The second kappa shape index (κ2) is 4.80. The van der Waals surface area contributed by atoms with Crippen molar-refractivity contribution in [2.45, 2.75) is 6.92 Å². The van der Waals surface area contributed by atoms with Gasteiger partial charge >= 0.3 is 6.03 Å². The first-order chi connectivity index (χ1) is 7.09. The maximum Gasteiger partial charge on any atom is 0.322 e. The molecule has 0 atom stereocenters. The molecule has 15 heavy (non-hydrogen) atoms. The molecule has 0 fully saturated rings. The van der Waals surface area contributed by atoms with Gasteiger partial charge in [-0.25, -0.2) is 4.79 Å². The van der Waals surface area contributed by atoms with Crippen molar-refractivity contribution in [1.82, 2.24) is 21.5 Å². The second-order valence-corrected chi connectivity index (χ2v) is 2.72. The van der Waals surface area contributed by atoms with Crippen molar-refractivity contribution in [1.29, 1.82) is 0 Å². The van der Waals surface area contributed by atoms with Gasteiger partial charge in [-0.3, -0.25) is 20.4 Å². The molecule has 1 aliphatic rings. The van der Waals surface area contributed by atoms with Gasteiger partial charge in [0, 0.05) is 24.0 Å². The molecular formula is C8H10N4O3. The van der Waals surface area contributed by atoms with Crippen LogP contribution in [-0.2, 0) is 9.59 Å². The molecule has 0 bridgehead atoms. The highest BCUT2D eigenvalue weighted by Crippen LogP contribution is 1.89. The molecule has 0 aromatic carbocycles. The highest BCUT2D eigenvalue weighted by Gasteiger charge is 2.06. The van der Waals surface area contributed by atoms with Gasteiger partial charge < -0.3 is 10.6 Å². The summed E-state index contributed by atoms with van der Waals surface area (Å²) in [6.07, 6.45) is 3.46. The Bertz CT molecular complexity index is 359. The summed E-state index contributed by atoms with van der Waals surface area (Å²) in [5, 5.41) is 4.58. The SMILES string of the molecule is CC1=CNC(=O)NC=CC(=O)NNC1=O. The van der Waals surface area contributed by atoms with Crippen molar-refractivity contribution in [3.05, 3.63) is 24.0 Å². The number of hydrogen-bond donors (Lipinski definition) is 4. The molecule has 0 radical (unpaired) electrons. The minimum Gasteiger partial charge on any atom is -0.314 e. The Kier molecular flexibility index (Phi) is 3.44. The van der Waals surface area contributed by atoms with Gasteiger partial charge in [0.1, 0.15) is 0 Å². The van der Waals surface area contributed by atoms with Gasteiger partial charge in [0.25, 0.3) is 11.8 Å². The van der Waals surface area contributed by atoms with Crippen molar-refractivity contribution in [3.63, 3.8) is 0 Å². The van der Waals surface area contributed by atoms with Gasteiger partial charge in [0.05, 0.1) is 0 Å². The van der Waals surface area contributed by atoms with Gasteiger partial charge in [0.2, 0.25) is 0 Å². The van der Waals surface area contributed by atoms with E-state index in [1.165, 1.54) is 13.1 Å². The lowest BCUT2D eigenvalue weighted by Crippen LogP contribution is -2.41. The minimum absolute atomic E-state index is 0.257. The number of hydrogen-bond acceptors (Lipinski definition) is 3. The van der Waals surface area contributed by atoms with Crippen LogP contribution in [0.5, 0.6) is 0 Å². The van der Waals surface area contributed by atoms with Gasteiger partial charge in [-0.15, -0.1) is 0 Å². The molecule has 0 aromatic rings. The van der Waals surface area contributed by atoms with Crippen LogP contribution < -0.4 is 21.5 Å². The third kappa shape index (κ3) is 3.51. The maximum absolute atomic E-state index is 11.2. The zero-order valence-electron chi connectivity index (χ0n) is 7.96.